The van der Waals surface area contributed by atoms with Crippen molar-refractivity contribution in [2.24, 2.45) is 0 Å². The minimum atomic E-state index is -3.63. The smallest absolute Gasteiger partial charge is 0.261 e. The Kier molecular flexibility index (Phi) is 4.37. The lowest BCUT2D eigenvalue weighted by atomic mass is 9.97. The van der Waals surface area contributed by atoms with Gasteiger partial charge in [-0.25, -0.2) is 8.42 Å². The summed E-state index contributed by atoms with van der Waals surface area (Å²) in [6.07, 6.45) is 0. The molecule has 0 aromatic heterocycles. The molecular formula is C13H14BNO3S. The molecule has 0 aliphatic heterocycles. The van der Waals surface area contributed by atoms with Crippen LogP contribution in [0.15, 0.2) is 59.5 Å². The molecule has 0 saturated heterocycles. The molecule has 0 saturated carbocycles. The minimum absolute atomic E-state index is 0.186. The molecule has 0 fully saturated rings. The van der Waals surface area contributed by atoms with E-state index in [1.165, 1.54) is 0 Å². The van der Waals surface area contributed by atoms with Gasteiger partial charge in [-0.1, -0.05) is 58.9 Å². The zero-order valence-corrected chi connectivity index (χ0v) is 11.4. The molecule has 0 atom stereocenters. The highest BCUT2D eigenvalue weighted by atomic mass is 32.2. The van der Waals surface area contributed by atoms with E-state index in [1.54, 1.807) is 32.1 Å². The number of hydrogen-bond donors (Lipinski definition) is 1. The SMILES string of the molecule is Bc1ccccc1S(=O)(=O)NOCc1ccccc1. The molecule has 2 aromatic carbocycles. The van der Waals surface area contributed by atoms with Crippen LogP contribution in [0.3, 0.4) is 0 Å². The van der Waals surface area contributed by atoms with E-state index in [0.29, 0.717) is 5.46 Å². The first-order valence-electron chi connectivity index (χ1n) is 5.83. The van der Waals surface area contributed by atoms with Crippen LogP contribution in [-0.4, -0.2) is 16.3 Å². The Morgan fingerprint density at radius 2 is 1.63 bits per heavy atom. The van der Waals surface area contributed by atoms with Gasteiger partial charge in [-0.2, -0.15) is 0 Å². The van der Waals surface area contributed by atoms with Gasteiger partial charge in [-0.05, 0) is 11.6 Å². The number of benzene rings is 2. The maximum absolute atomic E-state index is 12.0. The minimum Gasteiger partial charge on any atom is -0.282 e. The fourth-order valence-electron chi connectivity index (χ4n) is 1.67. The van der Waals surface area contributed by atoms with Crippen molar-refractivity contribution in [2.45, 2.75) is 11.5 Å². The Morgan fingerprint density at radius 3 is 2.32 bits per heavy atom. The predicted octanol–water partition coefficient (Wildman–Crippen LogP) is 0.355. The maximum Gasteiger partial charge on any atom is 0.261 e. The summed E-state index contributed by atoms with van der Waals surface area (Å²) in [6, 6.07) is 16.1. The molecule has 0 aliphatic carbocycles. The zero-order chi connectivity index (χ0) is 13.7. The molecular weight excluding hydrogens is 261 g/mol. The van der Waals surface area contributed by atoms with Gasteiger partial charge in [0.05, 0.1) is 11.5 Å². The van der Waals surface area contributed by atoms with Gasteiger partial charge in [0, 0.05) is 0 Å². The quantitative estimate of drug-likeness (QED) is 0.633. The third-order valence-electron chi connectivity index (χ3n) is 2.63. The largest absolute Gasteiger partial charge is 0.282 e. The summed E-state index contributed by atoms with van der Waals surface area (Å²) >= 11 is 0. The van der Waals surface area contributed by atoms with Crippen molar-refractivity contribution in [3.63, 3.8) is 0 Å². The fourth-order valence-corrected chi connectivity index (χ4v) is 2.72. The molecule has 2 aromatic rings. The van der Waals surface area contributed by atoms with E-state index in [4.69, 9.17) is 4.84 Å². The van der Waals surface area contributed by atoms with Crippen LogP contribution >= 0.6 is 0 Å². The number of sulfonamides is 1. The summed E-state index contributed by atoms with van der Waals surface area (Å²) < 4.78 is 24.0. The summed E-state index contributed by atoms with van der Waals surface area (Å²) in [6.45, 7) is 0.186. The van der Waals surface area contributed by atoms with Crippen LogP contribution in [0.2, 0.25) is 0 Å². The molecule has 2 rings (SSSR count). The van der Waals surface area contributed by atoms with Crippen molar-refractivity contribution in [3.8, 4) is 0 Å². The fraction of sp³-hybridized carbons (Fsp3) is 0.0769. The second-order valence-electron chi connectivity index (χ2n) is 4.13. The van der Waals surface area contributed by atoms with E-state index in [1.807, 2.05) is 30.3 Å². The van der Waals surface area contributed by atoms with Crippen LogP contribution in [0.1, 0.15) is 5.56 Å². The second-order valence-corrected chi connectivity index (χ2v) is 5.74. The Hall–Kier alpha value is -1.63. The third-order valence-corrected chi connectivity index (χ3v) is 4.01. The average Bonchev–Trinajstić information content (AvgIpc) is 2.40. The topological polar surface area (TPSA) is 55.4 Å². The molecule has 0 bridgehead atoms. The van der Waals surface area contributed by atoms with E-state index < -0.39 is 10.0 Å². The van der Waals surface area contributed by atoms with Crippen molar-refractivity contribution >= 4 is 23.3 Å². The molecule has 0 unspecified atom stereocenters. The molecule has 19 heavy (non-hydrogen) atoms. The molecule has 0 heterocycles. The van der Waals surface area contributed by atoms with Crippen LogP contribution in [0.4, 0.5) is 0 Å². The highest BCUT2D eigenvalue weighted by Crippen LogP contribution is 2.05. The van der Waals surface area contributed by atoms with Crippen LogP contribution in [-0.2, 0) is 21.5 Å². The molecule has 1 N–H and O–H groups in total. The van der Waals surface area contributed by atoms with Crippen molar-refractivity contribution in [3.05, 3.63) is 60.2 Å². The Bertz CT molecular complexity index is 644. The monoisotopic (exact) mass is 275 g/mol. The lowest BCUT2D eigenvalue weighted by Crippen LogP contribution is -2.28. The lowest BCUT2D eigenvalue weighted by Gasteiger charge is -2.09. The summed E-state index contributed by atoms with van der Waals surface area (Å²) in [5.74, 6) is 0. The highest BCUT2D eigenvalue weighted by molar-refractivity contribution is 7.89. The normalized spacial score (nSPS) is 11.4. The zero-order valence-electron chi connectivity index (χ0n) is 10.5. The molecule has 0 radical (unpaired) electrons. The van der Waals surface area contributed by atoms with Crippen molar-refractivity contribution in [1.29, 1.82) is 0 Å². The second kappa shape index (κ2) is 6.01. The molecule has 0 amide bonds. The number of nitrogens with one attached hydrogen (secondary N) is 1. The van der Waals surface area contributed by atoms with Crippen LogP contribution in [0.25, 0.3) is 0 Å². The molecule has 98 valence electrons. The molecule has 0 spiro atoms. The highest BCUT2D eigenvalue weighted by Gasteiger charge is 2.15. The molecule has 0 aliphatic rings. The van der Waals surface area contributed by atoms with Gasteiger partial charge in [-0.15, -0.1) is 0 Å². The summed E-state index contributed by atoms with van der Waals surface area (Å²) in [5, 5.41) is 0. The van der Waals surface area contributed by atoms with Gasteiger partial charge in [0.2, 0.25) is 0 Å². The van der Waals surface area contributed by atoms with E-state index in [-0.39, 0.29) is 11.5 Å². The van der Waals surface area contributed by atoms with Crippen LogP contribution in [0.5, 0.6) is 0 Å². The van der Waals surface area contributed by atoms with Gasteiger partial charge in [0.1, 0.15) is 7.85 Å². The molecule has 4 nitrogen and oxygen atoms in total. The van der Waals surface area contributed by atoms with E-state index in [0.717, 1.165) is 5.56 Å². The van der Waals surface area contributed by atoms with Gasteiger partial charge in [0.25, 0.3) is 10.0 Å². The van der Waals surface area contributed by atoms with Crippen LogP contribution in [0, 0.1) is 0 Å². The van der Waals surface area contributed by atoms with Crippen LogP contribution < -0.4 is 10.3 Å². The van der Waals surface area contributed by atoms with E-state index in [2.05, 4.69) is 4.89 Å². The van der Waals surface area contributed by atoms with Gasteiger partial charge >= 0.3 is 0 Å². The summed E-state index contributed by atoms with van der Waals surface area (Å²) in [7, 11) is -1.89. The number of rotatable bonds is 5. The predicted molar refractivity (Wildman–Crippen MR) is 76.2 cm³/mol. The lowest BCUT2D eigenvalue weighted by molar-refractivity contribution is 0.0796. The number of hydrogen-bond acceptors (Lipinski definition) is 3. The van der Waals surface area contributed by atoms with Gasteiger partial charge in [0.15, 0.2) is 0 Å². The van der Waals surface area contributed by atoms with Gasteiger partial charge in [-0.3, -0.25) is 4.84 Å². The summed E-state index contributed by atoms with van der Waals surface area (Å²) in [5.41, 5.74) is 1.58. The first-order valence-corrected chi connectivity index (χ1v) is 7.31. The standard InChI is InChI=1S/C13H14BNO3S/c14-12-8-4-5-9-13(12)19(16,17)15-18-10-11-6-2-1-3-7-11/h1-9,15H,10,14H2. The van der Waals surface area contributed by atoms with Crippen molar-refractivity contribution in [2.75, 3.05) is 0 Å². The molecule has 6 heteroatoms. The van der Waals surface area contributed by atoms with Crippen molar-refractivity contribution < 1.29 is 13.3 Å². The van der Waals surface area contributed by atoms with E-state index in [9.17, 15) is 8.42 Å². The Morgan fingerprint density at radius 1 is 1.00 bits per heavy atom. The van der Waals surface area contributed by atoms with Crippen molar-refractivity contribution in [1.82, 2.24) is 4.89 Å². The average molecular weight is 275 g/mol. The van der Waals surface area contributed by atoms with E-state index >= 15 is 0 Å². The Balaban J connectivity index is 2.01. The van der Waals surface area contributed by atoms with Gasteiger partial charge < -0.3 is 0 Å². The first kappa shape index (κ1) is 13.8. The third kappa shape index (κ3) is 3.67. The summed E-state index contributed by atoms with van der Waals surface area (Å²) in [4.78, 5) is 7.42. The first-order chi connectivity index (χ1) is 9.09. The Labute approximate surface area is 113 Å². The maximum atomic E-state index is 12.0.